The molecule has 88 valence electrons. The second-order valence-electron chi connectivity index (χ2n) is 3.98. The molecule has 0 aromatic heterocycles. The minimum atomic E-state index is -3.28. The van der Waals surface area contributed by atoms with Gasteiger partial charge in [0.25, 0.3) is 0 Å². The number of anilines is 2. The largest absolute Gasteiger partial charge is 0.490 e. The van der Waals surface area contributed by atoms with E-state index in [9.17, 15) is 8.42 Å². The average molecular weight is 242 g/mol. The highest BCUT2D eigenvalue weighted by atomic mass is 32.2. The monoisotopic (exact) mass is 242 g/mol. The van der Waals surface area contributed by atoms with Crippen LogP contribution in [0, 0.1) is 0 Å². The van der Waals surface area contributed by atoms with Crippen LogP contribution in [0.15, 0.2) is 18.2 Å². The van der Waals surface area contributed by atoms with Gasteiger partial charge in [-0.25, -0.2) is 8.42 Å². The fraction of sp³-hybridized carbons (Fsp3) is 0.400. The van der Waals surface area contributed by atoms with E-state index >= 15 is 0 Å². The van der Waals surface area contributed by atoms with Crippen LogP contribution in [0.3, 0.4) is 0 Å². The van der Waals surface area contributed by atoms with Crippen molar-refractivity contribution in [3.8, 4) is 5.75 Å². The summed E-state index contributed by atoms with van der Waals surface area (Å²) in [6, 6.07) is 4.88. The van der Waals surface area contributed by atoms with E-state index in [4.69, 9.17) is 10.5 Å². The molecule has 1 aromatic carbocycles. The quantitative estimate of drug-likeness (QED) is 0.777. The number of nitrogen functional groups attached to an aromatic ring is 1. The van der Waals surface area contributed by atoms with Crippen LogP contribution in [-0.4, -0.2) is 20.8 Å². The van der Waals surface area contributed by atoms with Gasteiger partial charge in [-0.3, -0.25) is 4.72 Å². The molecule has 0 spiro atoms. The predicted octanol–water partition coefficient (Wildman–Crippen LogP) is 1.18. The van der Waals surface area contributed by atoms with Gasteiger partial charge in [0.2, 0.25) is 10.0 Å². The van der Waals surface area contributed by atoms with Crippen molar-refractivity contribution < 1.29 is 13.2 Å². The third-order valence-corrected chi connectivity index (χ3v) is 2.67. The molecule has 3 N–H and O–H groups in total. The van der Waals surface area contributed by atoms with Crippen LogP contribution in [0.2, 0.25) is 0 Å². The average Bonchev–Trinajstić information content (AvgIpc) is 2.82. The Hall–Kier alpha value is -1.43. The molecule has 0 saturated heterocycles. The van der Waals surface area contributed by atoms with Gasteiger partial charge in [-0.15, -0.1) is 0 Å². The maximum atomic E-state index is 11.1. The maximum Gasteiger partial charge on any atom is 0.229 e. The summed E-state index contributed by atoms with van der Waals surface area (Å²) in [5.41, 5.74) is 6.56. The Morgan fingerprint density at radius 1 is 1.38 bits per heavy atom. The van der Waals surface area contributed by atoms with E-state index in [0.717, 1.165) is 19.1 Å². The molecule has 2 rings (SSSR count). The first-order valence-corrected chi connectivity index (χ1v) is 6.86. The van der Waals surface area contributed by atoms with Crippen molar-refractivity contribution >= 4 is 21.4 Å². The molecule has 0 radical (unpaired) electrons. The van der Waals surface area contributed by atoms with Gasteiger partial charge in [-0.05, 0) is 18.9 Å². The summed E-state index contributed by atoms with van der Waals surface area (Å²) in [4.78, 5) is 0. The highest BCUT2D eigenvalue weighted by Crippen LogP contribution is 2.30. The van der Waals surface area contributed by atoms with Crippen LogP contribution in [0.1, 0.15) is 12.8 Å². The summed E-state index contributed by atoms with van der Waals surface area (Å²) in [5, 5.41) is 0. The summed E-state index contributed by atoms with van der Waals surface area (Å²) in [6.45, 7) is 0. The molecular weight excluding hydrogens is 228 g/mol. The molecule has 6 heteroatoms. The van der Waals surface area contributed by atoms with Crippen LogP contribution in [0.25, 0.3) is 0 Å². The van der Waals surface area contributed by atoms with Crippen molar-refractivity contribution in [3.63, 3.8) is 0 Å². The van der Waals surface area contributed by atoms with Crippen molar-refractivity contribution in [2.75, 3.05) is 16.7 Å². The van der Waals surface area contributed by atoms with Crippen molar-refractivity contribution in [1.29, 1.82) is 0 Å². The summed E-state index contributed by atoms with van der Waals surface area (Å²) >= 11 is 0. The molecule has 0 heterocycles. The number of ether oxygens (including phenoxy) is 1. The van der Waals surface area contributed by atoms with Gasteiger partial charge >= 0.3 is 0 Å². The molecular formula is C10H14N2O3S. The normalized spacial score (nSPS) is 15.8. The zero-order chi connectivity index (χ0) is 11.8. The summed E-state index contributed by atoms with van der Waals surface area (Å²) in [6.07, 6.45) is 3.44. The van der Waals surface area contributed by atoms with E-state index in [1.165, 1.54) is 0 Å². The second kappa shape index (κ2) is 3.86. The first-order valence-electron chi connectivity index (χ1n) is 4.97. The fourth-order valence-corrected chi connectivity index (χ4v) is 1.89. The van der Waals surface area contributed by atoms with Gasteiger partial charge in [-0.1, -0.05) is 0 Å². The third kappa shape index (κ3) is 3.30. The topological polar surface area (TPSA) is 81.4 Å². The lowest BCUT2D eigenvalue weighted by molar-refractivity contribution is 0.303. The molecule has 1 aliphatic carbocycles. The van der Waals surface area contributed by atoms with Gasteiger partial charge in [0.1, 0.15) is 5.75 Å². The van der Waals surface area contributed by atoms with Crippen LogP contribution in [0.4, 0.5) is 11.4 Å². The Kier molecular flexibility index (Phi) is 2.67. The van der Waals surface area contributed by atoms with E-state index in [1.807, 2.05) is 0 Å². The van der Waals surface area contributed by atoms with E-state index < -0.39 is 10.0 Å². The molecule has 1 fully saturated rings. The molecule has 0 amide bonds. The SMILES string of the molecule is CS(=O)(=O)Nc1cc(N)cc(OC2CC2)c1. The summed E-state index contributed by atoms with van der Waals surface area (Å²) in [5.74, 6) is 0.605. The number of hydrogen-bond acceptors (Lipinski definition) is 4. The van der Waals surface area contributed by atoms with Crippen molar-refractivity contribution in [2.24, 2.45) is 0 Å². The molecule has 0 unspecified atom stereocenters. The van der Waals surface area contributed by atoms with Crippen LogP contribution >= 0.6 is 0 Å². The minimum Gasteiger partial charge on any atom is -0.490 e. The van der Waals surface area contributed by atoms with E-state index in [2.05, 4.69) is 4.72 Å². The molecule has 0 atom stereocenters. The zero-order valence-electron chi connectivity index (χ0n) is 8.93. The molecule has 0 bridgehead atoms. The second-order valence-corrected chi connectivity index (χ2v) is 5.73. The van der Waals surface area contributed by atoms with E-state index in [-0.39, 0.29) is 6.10 Å². The standard InChI is InChI=1S/C10H14N2O3S/c1-16(13,14)12-8-4-7(11)5-10(6-8)15-9-2-3-9/h4-6,9,12H,2-3,11H2,1H3. The van der Waals surface area contributed by atoms with E-state index in [1.54, 1.807) is 18.2 Å². The molecule has 5 nitrogen and oxygen atoms in total. The third-order valence-electron chi connectivity index (χ3n) is 2.06. The Morgan fingerprint density at radius 3 is 2.62 bits per heavy atom. The summed E-state index contributed by atoms with van der Waals surface area (Å²) in [7, 11) is -3.28. The first kappa shape index (κ1) is 11.1. The Bertz CT molecular complexity index is 495. The maximum absolute atomic E-state index is 11.1. The summed E-state index contributed by atoms with van der Waals surface area (Å²) < 4.78 is 30.0. The van der Waals surface area contributed by atoms with Crippen LogP contribution in [-0.2, 0) is 10.0 Å². The van der Waals surface area contributed by atoms with Crippen molar-refractivity contribution in [3.05, 3.63) is 18.2 Å². The lowest BCUT2D eigenvalue weighted by atomic mass is 10.3. The van der Waals surface area contributed by atoms with Gasteiger partial charge in [0.05, 0.1) is 18.0 Å². The minimum absolute atomic E-state index is 0.257. The Labute approximate surface area is 94.6 Å². The number of rotatable bonds is 4. The Balaban J connectivity index is 2.20. The van der Waals surface area contributed by atoms with E-state index in [0.29, 0.717) is 17.1 Å². The van der Waals surface area contributed by atoms with Crippen molar-refractivity contribution in [2.45, 2.75) is 18.9 Å². The van der Waals surface area contributed by atoms with Crippen LogP contribution < -0.4 is 15.2 Å². The molecule has 0 aliphatic heterocycles. The smallest absolute Gasteiger partial charge is 0.229 e. The lowest BCUT2D eigenvalue weighted by Crippen LogP contribution is -2.10. The first-order chi connectivity index (χ1) is 7.42. The Morgan fingerprint density at radius 2 is 2.06 bits per heavy atom. The molecule has 1 aromatic rings. The predicted molar refractivity (Wildman–Crippen MR) is 63.0 cm³/mol. The van der Waals surface area contributed by atoms with Gasteiger partial charge < -0.3 is 10.5 Å². The van der Waals surface area contributed by atoms with Crippen molar-refractivity contribution in [1.82, 2.24) is 0 Å². The van der Waals surface area contributed by atoms with Gasteiger partial charge in [0.15, 0.2) is 0 Å². The number of nitrogens with one attached hydrogen (secondary N) is 1. The number of sulfonamides is 1. The fourth-order valence-electron chi connectivity index (χ4n) is 1.34. The van der Waals surface area contributed by atoms with Gasteiger partial charge in [0, 0.05) is 17.8 Å². The van der Waals surface area contributed by atoms with Crippen LogP contribution in [0.5, 0.6) is 5.75 Å². The number of benzene rings is 1. The molecule has 1 aliphatic rings. The lowest BCUT2D eigenvalue weighted by Gasteiger charge is -2.09. The highest BCUT2D eigenvalue weighted by Gasteiger charge is 2.23. The highest BCUT2D eigenvalue weighted by molar-refractivity contribution is 7.92. The van der Waals surface area contributed by atoms with Gasteiger partial charge in [-0.2, -0.15) is 0 Å². The number of nitrogens with two attached hydrogens (primary N) is 1. The number of hydrogen-bond donors (Lipinski definition) is 2. The molecule has 16 heavy (non-hydrogen) atoms. The molecule has 1 saturated carbocycles. The zero-order valence-corrected chi connectivity index (χ0v) is 9.75.